The summed E-state index contributed by atoms with van der Waals surface area (Å²) >= 11 is 0. The number of hydrogen-bond donors (Lipinski definition) is 0. The van der Waals surface area contributed by atoms with Crippen molar-refractivity contribution in [1.82, 2.24) is 4.90 Å². The highest BCUT2D eigenvalue weighted by atomic mass is 16.5. The SMILES string of the molecule is C[C@H](c1ccccc1)N(Cc1cc2ccccc2o1)C(=O)[C@H]1CCCO1. The van der Waals surface area contributed by atoms with Gasteiger partial charge in [0.05, 0.1) is 12.6 Å². The summed E-state index contributed by atoms with van der Waals surface area (Å²) in [5.74, 6) is 0.833. The van der Waals surface area contributed by atoms with E-state index in [9.17, 15) is 4.79 Å². The minimum absolute atomic E-state index is 0.0410. The van der Waals surface area contributed by atoms with Crippen LogP contribution in [0, 0.1) is 0 Å². The van der Waals surface area contributed by atoms with E-state index >= 15 is 0 Å². The van der Waals surface area contributed by atoms with Gasteiger partial charge in [-0.2, -0.15) is 0 Å². The molecule has 1 aliphatic rings. The van der Waals surface area contributed by atoms with Gasteiger partial charge in [-0.05, 0) is 37.5 Å². The first-order valence-corrected chi connectivity index (χ1v) is 9.17. The summed E-state index contributed by atoms with van der Waals surface area (Å²) in [6.45, 7) is 3.16. The number of furan rings is 1. The minimum atomic E-state index is -0.342. The second-order valence-electron chi connectivity index (χ2n) is 6.80. The zero-order valence-corrected chi connectivity index (χ0v) is 14.9. The van der Waals surface area contributed by atoms with Gasteiger partial charge in [-0.1, -0.05) is 48.5 Å². The molecule has 0 bridgehead atoms. The maximum absolute atomic E-state index is 13.1. The average molecular weight is 349 g/mol. The lowest BCUT2D eigenvalue weighted by Gasteiger charge is -2.31. The topological polar surface area (TPSA) is 42.7 Å². The maximum atomic E-state index is 13.1. The summed E-state index contributed by atoms with van der Waals surface area (Å²) in [5, 5.41) is 1.05. The third-order valence-electron chi connectivity index (χ3n) is 5.04. The van der Waals surface area contributed by atoms with E-state index < -0.39 is 0 Å². The van der Waals surface area contributed by atoms with E-state index in [4.69, 9.17) is 9.15 Å². The third kappa shape index (κ3) is 3.37. The number of para-hydroxylation sites is 1. The molecule has 4 rings (SSSR count). The van der Waals surface area contributed by atoms with Crippen molar-refractivity contribution in [2.45, 2.75) is 38.5 Å². The Morgan fingerprint density at radius 1 is 1.15 bits per heavy atom. The van der Waals surface area contributed by atoms with Crippen LogP contribution in [0.4, 0.5) is 0 Å². The minimum Gasteiger partial charge on any atom is -0.459 e. The average Bonchev–Trinajstić information content (AvgIpc) is 3.35. The molecule has 1 fully saturated rings. The van der Waals surface area contributed by atoms with Crippen LogP contribution in [-0.4, -0.2) is 23.5 Å². The normalized spacial score (nSPS) is 18.1. The van der Waals surface area contributed by atoms with Crippen molar-refractivity contribution in [1.29, 1.82) is 0 Å². The zero-order valence-electron chi connectivity index (χ0n) is 14.9. The summed E-state index contributed by atoms with van der Waals surface area (Å²) in [7, 11) is 0. The van der Waals surface area contributed by atoms with E-state index in [2.05, 4.69) is 19.1 Å². The van der Waals surface area contributed by atoms with Crippen LogP contribution < -0.4 is 0 Å². The van der Waals surface area contributed by atoms with E-state index in [0.717, 1.165) is 35.1 Å². The second-order valence-corrected chi connectivity index (χ2v) is 6.80. The fraction of sp³-hybridized carbons (Fsp3) is 0.318. The van der Waals surface area contributed by atoms with Crippen molar-refractivity contribution in [2.75, 3.05) is 6.61 Å². The molecule has 0 aliphatic carbocycles. The van der Waals surface area contributed by atoms with E-state index in [1.54, 1.807) is 0 Å². The molecule has 0 unspecified atom stereocenters. The molecule has 1 aliphatic heterocycles. The van der Waals surface area contributed by atoms with Gasteiger partial charge in [0.15, 0.2) is 0 Å². The number of nitrogens with zero attached hydrogens (tertiary/aromatic N) is 1. The molecule has 3 aromatic rings. The van der Waals surface area contributed by atoms with Crippen molar-refractivity contribution in [3.63, 3.8) is 0 Å². The first-order chi connectivity index (χ1) is 12.7. The van der Waals surface area contributed by atoms with Crippen LogP contribution in [0.2, 0.25) is 0 Å². The number of ether oxygens (including phenoxy) is 1. The summed E-state index contributed by atoms with van der Waals surface area (Å²) in [5.41, 5.74) is 1.95. The van der Waals surface area contributed by atoms with Crippen LogP contribution in [0.1, 0.15) is 37.1 Å². The number of carbonyl (C=O) groups is 1. The lowest BCUT2D eigenvalue weighted by Crippen LogP contribution is -2.40. The van der Waals surface area contributed by atoms with Gasteiger partial charge < -0.3 is 14.1 Å². The fourth-order valence-corrected chi connectivity index (χ4v) is 3.56. The fourth-order valence-electron chi connectivity index (χ4n) is 3.56. The first kappa shape index (κ1) is 16.9. The standard InChI is InChI=1S/C22H23NO3/c1-16(17-8-3-2-4-9-17)23(22(24)21-12-7-13-25-21)15-19-14-18-10-5-6-11-20(18)26-19/h2-6,8-11,14,16,21H,7,12-13,15H2,1H3/t16-,21-/m1/s1. The van der Waals surface area contributed by atoms with Crippen molar-refractivity contribution in [3.8, 4) is 0 Å². The Kier molecular flexibility index (Phi) is 4.76. The number of benzene rings is 2. The number of fused-ring (bicyclic) bond motifs is 1. The maximum Gasteiger partial charge on any atom is 0.252 e. The Hall–Kier alpha value is -2.59. The Morgan fingerprint density at radius 2 is 1.92 bits per heavy atom. The highest BCUT2D eigenvalue weighted by Gasteiger charge is 2.32. The Morgan fingerprint density at radius 3 is 2.65 bits per heavy atom. The Labute approximate surface area is 153 Å². The summed E-state index contributed by atoms with van der Waals surface area (Å²) in [6, 6.07) is 20.0. The largest absolute Gasteiger partial charge is 0.459 e. The number of amides is 1. The molecule has 2 atom stereocenters. The molecule has 134 valence electrons. The van der Waals surface area contributed by atoms with Crippen LogP contribution in [0.3, 0.4) is 0 Å². The molecule has 4 nitrogen and oxygen atoms in total. The monoisotopic (exact) mass is 349 g/mol. The Balaban J connectivity index is 1.63. The Bertz CT molecular complexity index is 848. The van der Waals surface area contributed by atoms with E-state index in [1.165, 1.54) is 0 Å². The quantitative estimate of drug-likeness (QED) is 0.670. The van der Waals surface area contributed by atoms with Gasteiger partial charge in [-0.15, -0.1) is 0 Å². The molecule has 1 saturated heterocycles. The molecular formula is C22H23NO3. The van der Waals surface area contributed by atoms with Gasteiger partial charge in [0, 0.05) is 12.0 Å². The van der Waals surface area contributed by atoms with Gasteiger partial charge in [-0.25, -0.2) is 0 Å². The van der Waals surface area contributed by atoms with Gasteiger partial charge in [0.25, 0.3) is 5.91 Å². The zero-order chi connectivity index (χ0) is 17.9. The molecule has 2 aromatic carbocycles. The molecule has 0 saturated carbocycles. The van der Waals surface area contributed by atoms with Crippen LogP contribution in [-0.2, 0) is 16.1 Å². The highest BCUT2D eigenvalue weighted by Crippen LogP contribution is 2.28. The molecule has 0 radical (unpaired) electrons. The van der Waals surface area contributed by atoms with Crippen molar-refractivity contribution in [3.05, 3.63) is 72.0 Å². The summed E-state index contributed by atoms with van der Waals surface area (Å²) in [4.78, 5) is 15.0. The smallest absolute Gasteiger partial charge is 0.252 e. The lowest BCUT2D eigenvalue weighted by atomic mass is 10.1. The van der Waals surface area contributed by atoms with Crippen LogP contribution in [0.5, 0.6) is 0 Å². The van der Waals surface area contributed by atoms with Crippen LogP contribution in [0.15, 0.2) is 65.1 Å². The first-order valence-electron chi connectivity index (χ1n) is 9.17. The number of rotatable bonds is 5. The van der Waals surface area contributed by atoms with E-state index in [1.807, 2.05) is 53.4 Å². The predicted molar refractivity (Wildman–Crippen MR) is 101 cm³/mol. The molecule has 4 heteroatoms. The van der Waals surface area contributed by atoms with Crippen LogP contribution in [0.25, 0.3) is 11.0 Å². The highest BCUT2D eigenvalue weighted by molar-refractivity contribution is 5.82. The molecular weight excluding hydrogens is 326 g/mol. The lowest BCUT2D eigenvalue weighted by molar-refractivity contribution is -0.144. The van der Waals surface area contributed by atoms with Gasteiger partial charge >= 0.3 is 0 Å². The molecule has 2 heterocycles. The molecule has 1 amide bonds. The van der Waals surface area contributed by atoms with Gasteiger partial charge in [0.1, 0.15) is 17.4 Å². The molecule has 26 heavy (non-hydrogen) atoms. The molecule has 1 aromatic heterocycles. The van der Waals surface area contributed by atoms with Crippen molar-refractivity contribution >= 4 is 16.9 Å². The second kappa shape index (κ2) is 7.34. The van der Waals surface area contributed by atoms with Gasteiger partial charge in [-0.3, -0.25) is 4.79 Å². The molecule has 0 N–H and O–H groups in total. The number of carbonyl (C=O) groups excluding carboxylic acids is 1. The summed E-state index contributed by atoms with van der Waals surface area (Å²) < 4.78 is 11.6. The molecule has 0 spiro atoms. The predicted octanol–water partition coefficient (Wildman–Crippen LogP) is 4.70. The summed E-state index contributed by atoms with van der Waals surface area (Å²) in [6.07, 6.45) is 1.39. The van der Waals surface area contributed by atoms with Crippen molar-refractivity contribution < 1.29 is 13.9 Å². The van der Waals surface area contributed by atoms with E-state index in [-0.39, 0.29) is 18.1 Å². The van der Waals surface area contributed by atoms with E-state index in [0.29, 0.717) is 13.2 Å². The number of hydrogen-bond acceptors (Lipinski definition) is 3. The van der Waals surface area contributed by atoms with Gasteiger partial charge in [0.2, 0.25) is 0 Å². The van der Waals surface area contributed by atoms with Crippen LogP contribution >= 0.6 is 0 Å². The van der Waals surface area contributed by atoms with Crippen molar-refractivity contribution in [2.24, 2.45) is 0 Å². The third-order valence-corrected chi connectivity index (χ3v) is 5.04.